The molecular formula is C11H13BrN4S. The average molecular weight is 313 g/mol. The van der Waals surface area contributed by atoms with E-state index in [2.05, 4.69) is 42.7 Å². The number of aromatic nitrogens is 1. The topological polar surface area (TPSA) is 54.2 Å². The quantitative estimate of drug-likeness (QED) is 0.673. The SMILES string of the molecule is CN(Cc1cc(Br)cs1)c1ccnc(NN)c1. The Labute approximate surface area is 113 Å². The normalized spacial score (nSPS) is 10.3. The summed E-state index contributed by atoms with van der Waals surface area (Å²) in [5.41, 5.74) is 3.63. The highest BCUT2D eigenvalue weighted by atomic mass is 79.9. The van der Waals surface area contributed by atoms with Crippen LogP contribution >= 0.6 is 27.3 Å². The van der Waals surface area contributed by atoms with E-state index in [4.69, 9.17) is 5.84 Å². The molecule has 2 rings (SSSR count). The summed E-state index contributed by atoms with van der Waals surface area (Å²) in [7, 11) is 2.04. The van der Waals surface area contributed by atoms with E-state index in [1.807, 2.05) is 19.2 Å². The Hall–Kier alpha value is -1.11. The van der Waals surface area contributed by atoms with Gasteiger partial charge in [-0.2, -0.15) is 0 Å². The van der Waals surface area contributed by atoms with Gasteiger partial charge in [0.15, 0.2) is 0 Å². The minimum absolute atomic E-state index is 0.668. The van der Waals surface area contributed by atoms with E-state index in [1.165, 1.54) is 4.88 Å². The zero-order valence-corrected chi connectivity index (χ0v) is 11.8. The molecule has 3 N–H and O–H groups in total. The second-order valence-corrected chi connectivity index (χ2v) is 5.54. The fraction of sp³-hybridized carbons (Fsp3) is 0.182. The molecule has 0 fully saturated rings. The Morgan fingerprint density at radius 2 is 2.35 bits per heavy atom. The molecule has 4 nitrogen and oxygen atoms in total. The molecule has 6 heteroatoms. The third-order valence-corrected chi connectivity index (χ3v) is 4.03. The molecule has 0 aromatic carbocycles. The lowest BCUT2D eigenvalue weighted by atomic mass is 10.3. The summed E-state index contributed by atoms with van der Waals surface area (Å²) in [5, 5.41) is 2.09. The van der Waals surface area contributed by atoms with Crippen molar-refractivity contribution in [2.24, 2.45) is 5.84 Å². The van der Waals surface area contributed by atoms with Crippen LogP contribution in [0.1, 0.15) is 4.88 Å². The summed E-state index contributed by atoms with van der Waals surface area (Å²) < 4.78 is 1.13. The first-order valence-corrected chi connectivity index (χ1v) is 6.73. The van der Waals surface area contributed by atoms with Crippen LogP contribution in [-0.4, -0.2) is 12.0 Å². The van der Waals surface area contributed by atoms with E-state index < -0.39 is 0 Å². The van der Waals surface area contributed by atoms with Gasteiger partial charge >= 0.3 is 0 Å². The zero-order chi connectivity index (χ0) is 12.3. The summed E-state index contributed by atoms with van der Waals surface area (Å²) in [4.78, 5) is 7.54. The van der Waals surface area contributed by atoms with Gasteiger partial charge in [-0.25, -0.2) is 10.8 Å². The number of anilines is 2. The number of nitrogens with two attached hydrogens (primary N) is 1. The van der Waals surface area contributed by atoms with Gasteiger partial charge in [0.25, 0.3) is 0 Å². The van der Waals surface area contributed by atoms with Crippen LogP contribution < -0.4 is 16.2 Å². The number of rotatable bonds is 4. The Morgan fingerprint density at radius 1 is 1.53 bits per heavy atom. The van der Waals surface area contributed by atoms with Gasteiger partial charge in [0, 0.05) is 39.7 Å². The van der Waals surface area contributed by atoms with Crippen molar-refractivity contribution in [3.8, 4) is 0 Å². The maximum absolute atomic E-state index is 5.34. The summed E-state index contributed by atoms with van der Waals surface area (Å²) in [5.74, 6) is 6.01. The lowest BCUT2D eigenvalue weighted by Crippen LogP contribution is -2.16. The van der Waals surface area contributed by atoms with Gasteiger partial charge in [-0.1, -0.05) is 0 Å². The summed E-state index contributed by atoms with van der Waals surface area (Å²) in [6.07, 6.45) is 1.74. The van der Waals surface area contributed by atoms with E-state index >= 15 is 0 Å². The molecule has 17 heavy (non-hydrogen) atoms. The monoisotopic (exact) mass is 312 g/mol. The second kappa shape index (κ2) is 5.48. The summed E-state index contributed by atoms with van der Waals surface area (Å²) >= 11 is 5.19. The van der Waals surface area contributed by atoms with Crippen molar-refractivity contribution in [1.82, 2.24) is 4.98 Å². The van der Waals surface area contributed by atoms with Crippen LogP contribution in [0.5, 0.6) is 0 Å². The lowest BCUT2D eigenvalue weighted by molar-refractivity contribution is 0.937. The van der Waals surface area contributed by atoms with Crippen molar-refractivity contribution in [3.63, 3.8) is 0 Å². The number of nitrogen functional groups attached to an aromatic ring is 1. The maximum Gasteiger partial charge on any atom is 0.141 e. The van der Waals surface area contributed by atoms with Gasteiger partial charge in [0.2, 0.25) is 0 Å². The first-order chi connectivity index (χ1) is 8.19. The highest BCUT2D eigenvalue weighted by Crippen LogP contribution is 2.23. The molecule has 0 radical (unpaired) electrons. The van der Waals surface area contributed by atoms with Gasteiger partial charge < -0.3 is 10.3 Å². The third kappa shape index (κ3) is 3.18. The van der Waals surface area contributed by atoms with Crippen molar-refractivity contribution < 1.29 is 0 Å². The average Bonchev–Trinajstić information content (AvgIpc) is 2.75. The van der Waals surface area contributed by atoms with Crippen LogP contribution in [0.4, 0.5) is 11.5 Å². The van der Waals surface area contributed by atoms with Crippen molar-refractivity contribution in [2.75, 3.05) is 17.4 Å². The number of hydrogen-bond donors (Lipinski definition) is 2. The van der Waals surface area contributed by atoms with E-state index in [1.54, 1.807) is 17.5 Å². The molecule has 2 heterocycles. The van der Waals surface area contributed by atoms with E-state index in [-0.39, 0.29) is 0 Å². The molecule has 0 amide bonds. The summed E-state index contributed by atoms with van der Waals surface area (Å²) in [6.45, 7) is 0.865. The number of nitrogens with one attached hydrogen (secondary N) is 1. The number of thiophene rings is 1. The molecule has 2 aromatic heterocycles. The molecule has 0 unspecified atom stereocenters. The van der Waals surface area contributed by atoms with Crippen molar-refractivity contribution >= 4 is 38.8 Å². The van der Waals surface area contributed by atoms with Crippen molar-refractivity contribution in [3.05, 3.63) is 39.1 Å². The fourth-order valence-corrected chi connectivity index (χ4v) is 3.00. The molecule has 0 atom stereocenters. The van der Waals surface area contributed by atoms with Crippen LogP contribution in [0.3, 0.4) is 0 Å². The number of nitrogens with zero attached hydrogens (tertiary/aromatic N) is 2. The molecule has 0 spiro atoms. The van der Waals surface area contributed by atoms with Gasteiger partial charge in [-0.05, 0) is 28.1 Å². The second-order valence-electron chi connectivity index (χ2n) is 3.63. The minimum atomic E-state index is 0.668. The number of halogens is 1. The molecule has 0 aliphatic rings. The Kier molecular flexibility index (Phi) is 3.98. The largest absolute Gasteiger partial charge is 0.369 e. The van der Waals surface area contributed by atoms with Crippen LogP contribution in [0, 0.1) is 0 Å². The summed E-state index contributed by atoms with van der Waals surface area (Å²) in [6, 6.07) is 6.01. The molecule has 90 valence electrons. The van der Waals surface area contributed by atoms with Crippen molar-refractivity contribution in [1.29, 1.82) is 0 Å². The Morgan fingerprint density at radius 3 is 3.00 bits per heavy atom. The van der Waals surface area contributed by atoms with Gasteiger partial charge in [-0.3, -0.25) is 0 Å². The molecule has 0 saturated carbocycles. The lowest BCUT2D eigenvalue weighted by Gasteiger charge is -2.18. The number of pyridine rings is 1. The van der Waals surface area contributed by atoms with Crippen LogP contribution in [-0.2, 0) is 6.54 Å². The third-order valence-electron chi connectivity index (χ3n) is 2.35. The smallest absolute Gasteiger partial charge is 0.141 e. The maximum atomic E-state index is 5.34. The highest BCUT2D eigenvalue weighted by Gasteiger charge is 2.05. The van der Waals surface area contributed by atoms with E-state index in [0.29, 0.717) is 5.82 Å². The molecular weight excluding hydrogens is 300 g/mol. The van der Waals surface area contributed by atoms with Gasteiger partial charge in [-0.15, -0.1) is 11.3 Å². The van der Waals surface area contributed by atoms with Crippen LogP contribution in [0.25, 0.3) is 0 Å². The van der Waals surface area contributed by atoms with Crippen LogP contribution in [0.2, 0.25) is 0 Å². The number of hydrogen-bond acceptors (Lipinski definition) is 5. The molecule has 2 aromatic rings. The Balaban J connectivity index is 2.11. The predicted molar refractivity (Wildman–Crippen MR) is 76.2 cm³/mol. The first-order valence-electron chi connectivity index (χ1n) is 5.06. The van der Waals surface area contributed by atoms with E-state index in [9.17, 15) is 0 Å². The number of hydrazine groups is 1. The molecule has 0 bridgehead atoms. The molecule has 0 saturated heterocycles. The predicted octanol–water partition coefficient (Wildman–Crippen LogP) is 2.83. The van der Waals surface area contributed by atoms with Gasteiger partial charge in [0.05, 0.1) is 6.54 Å². The van der Waals surface area contributed by atoms with Crippen molar-refractivity contribution in [2.45, 2.75) is 6.54 Å². The first kappa shape index (κ1) is 12.3. The van der Waals surface area contributed by atoms with E-state index in [0.717, 1.165) is 16.7 Å². The zero-order valence-electron chi connectivity index (χ0n) is 9.35. The van der Waals surface area contributed by atoms with Crippen LogP contribution in [0.15, 0.2) is 34.2 Å². The van der Waals surface area contributed by atoms with Gasteiger partial charge in [0.1, 0.15) is 5.82 Å². The molecule has 0 aliphatic heterocycles. The standard InChI is InChI=1S/C11H13BrN4S/c1-16(6-10-4-8(12)7-17-10)9-2-3-14-11(5-9)15-13/h2-5,7H,6,13H2,1H3,(H,14,15). The molecule has 0 aliphatic carbocycles. The highest BCUT2D eigenvalue weighted by molar-refractivity contribution is 9.10. The Bertz CT molecular complexity index is 500. The fourth-order valence-electron chi connectivity index (χ4n) is 1.50. The minimum Gasteiger partial charge on any atom is -0.369 e.